The maximum atomic E-state index is 11.6. The second-order valence-corrected chi connectivity index (χ2v) is 9.75. The van der Waals surface area contributed by atoms with Gasteiger partial charge in [0.2, 0.25) is 6.54 Å². The van der Waals surface area contributed by atoms with Gasteiger partial charge in [0.15, 0.2) is 16.7 Å². The molecule has 0 unspecified atom stereocenters. The summed E-state index contributed by atoms with van der Waals surface area (Å²) in [6.45, 7) is 3.94. The van der Waals surface area contributed by atoms with Crippen LogP contribution in [0.2, 0.25) is 5.02 Å². The van der Waals surface area contributed by atoms with Gasteiger partial charge >= 0.3 is 0 Å². The molecule has 36 heavy (non-hydrogen) atoms. The quantitative estimate of drug-likeness (QED) is 0.138. The molecule has 1 atom stereocenters. The Morgan fingerprint density at radius 1 is 1.03 bits per heavy atom. The number of hydrogen-bond acceptors (Lipinski definition) is 7. The van der Waals surface area contributed by atoms with Gasteiger partial charge in [0, 0.05) is 15.6 Å². The Morgan fingerprint density at radius 2 is 1.75 bits per heavy atom. The molecule has 0 aliphatic heterocycles. The number of methoxy groups -OCH3 is 1. The van der Waals surface area contributed by atoms with E-state index in [1.54, 1.807) is 31.4 Å². The van der Waals surface area contributed by atoms with Crippen LogP contribution in [-0.2, 0) is 6.61 Å². The highest BCUT2D eigenvalue weighted by Crippen LogP contribution is 2.39. The zero-order valence-electron chi connectivity index (χ0n) is 20.1. The molecule has 0 fully saturated rings. The molecule has 186 valence electrons. The Labute approximate surface area is 218 Å². The third-order valence-corrected chi connectivity index (χ3v) is 6.95. The lowest BCUT2D eigenvalue weighted by atomic mass is 10.1. The zero-order valence-corrected chi connectivity index (χ0v) is 21.6. The average molecular weight is 525 g/mol. The van der Waals surface area contributed by atoms with Crippen molar-refractivity contribution in [1.82, 2.24) is 14.8 Å². The van der Waals surface area contributed by atoms with E-state index in [0.717, 1.165) is 16.8 Å². The molecule has 3 aromatic carbocycles. The maximum Gasteiger partial charge on any atom is 0.220 e. The topological polar surface area (TPSA) is 92.3 Å². The Balaban J connectivity index is 1.59. The van der Waals surface area contributed by atoms with E-state index in [1.165, 1.54) is 17.3 Å². The van der Waals surface area contributed by atoms with Crippen molar-refractivity contribution < 1.29 is 14.4 Å². The summed E-state index contributed by atoms with van der Waals surface area (Å²) in [6, 6.07) is 20.7. The van der Waals surface area contributed by atoms with Gasteiger partial charge in [0.1, 0.15) is 17.7 Å². The Hall–Kier alpha value is -3.56. The number of aryl methyl sites for hydroxylation is 2. The van der Waals surface area contributed by atoms with E-state index in [2.05, 4.69) is 10.2 Å². The van der Waals surface area contributed by atoms with Gasteiger partial charge in [0.05, 0.1) is 7.11 Å². The highest BCUT2D eigenvalue weighted by Gasteiger charge is 2.25. The van der Waals surface area contributed by atoms with Gasteiger partial charge in [-0.1, -0.05) is 59.3 Å². The summed E-state index contributed by atoms with van der Waals surface area (Å²) in [5, 5.41) is 20.6. The summed E-state index contributed by atoms with van der Waals surface area (Å²) in [5.41, 5.74) is 3.75. The first kappa shape index (κ1) is 25.5. The minimum atomic E-state index is -0.533. The minimum Gasteiger partial charge on any atom is -0.493 e. The van der Waals surface area contributed by atoms with Crippen LogP contribution in [0.3, 0.4) is 0 Å². The first-order valence-corrected chi connectivity index (χ1v) is 12.4. The molecule has 0 aliphatic carbocycles. The van der Waals surface area contributed by atoms with Gasteiger partial charge in [-0.2, -0.15) is 0 Å². The van der Waals surface area contributed by atoms with Crippen molar-refractivity contribution in [3.05, 3.63) is 104 Å². The predicted octanol–water partition coefficient (Wildman–Crippen LogP) is 6.24. The van der Waals surface area contributed by atoms with E-state index >= 15 is 0 Å². The number of ether oxygens (including phenoxy) is 2. The third kappa shape index (κ3) is 6.16. The van der Waals surface area contributed by atoms with E-state index < -0.39 is 5.25 Å². The van der Waals surface area contributed by atoms with Gasteiger partial charge in [-0.15, -0.1) is 10.2 Å². The minimum absolute atomic E-state index is 0.302. The fraction of sp³-hybridized carbons (Fsp3) is 0.231. The second-order valence-electron chi connectivity index (χ2n) is 8.15. The van der Waals surface area contributed by atoms with Crippen molar-refractivity contribution in [2.75, 3.05) is 13.7 Å². The molecule has 0 saturated heterocycles. The van der Waals surface area contributed by atoms with Crippen LogP contribution < -0.4 is 9.47 Å². The van der Waals surface area contributed by atoms with E-state index in [0.29, 0.717) is 34.1 Å². The van der Waals surface area contributed by atoms with Crippen molar-refractivity contribution in [3.8, 4) is 17.2 Å². The molecule has 1 heterocycles. The Bertz CT molecular complexity index is 1340. The summed E-state index contributed by atoms with van der Waals surface area (Å²) in [6.07, 6.45) is 0. The summed E-state index contributed by atoms with van der Waals surface area (Å²) < 4.78 is 13.4. The fourth-order valence-corrected chi connectivity index (χ4v) is 4.92. The second kappa shape index (κ2) is 11.5. The van der Waals surface area contributed by atoms with Gasteiger partial charge < -0.3 is 9.47 Å². The molecule has 0 bridgehead atoms. The largest absolute Gasteiger partial charge is 0.493 e. The van der Waals surface area contributed by atoms with Gasteiger partial charge in [-0.3, -0.25) is 14.7 Å². The van der Waals surface area contributed by atoms with Crippen LogP contribution in [0.4, 0.5) is 0 Å². The van der Waals surface area contributed by atoms with Crippen molar-refractivity contribution in [2.24, 2.45) is 0 Å². The molecular weight excluding hydrogens is 500 g/mol. The van der Waals surface area contributed by atoms with Crippen molar-refractivity contribution in [1.29, 1.82) is 0 Å². The number of nitrogens with zero attached hydrogens (tertiary/aromatic N) is 4. The highest BCUT2D eigenvalue weighted by molar-refractivity contribution is 7.99. The van der Waals surface area contributed by atoms with Crippen LogP contribution in [0.1, 0.15) is 27.8 Å². The van der Waals surface area contributed by atoms with Crippen LogP contribution in [0.25, 0.3) is 5.69 Å². The normalized spacial score (nSPS) is 11.8. The van der Waals surface area contributed by atoms with E-state index in [9.17, 15) is 10.1 Å². The number of aromatic nitrogens is 3. The first-order chi connectivity index (χ1) is 17.3. The molecule has 10 heteroatoms. The smallest absolute Gasteiger partial charge is 0.220 e. The van der Waals surface area contributed by atoms with Gasteiger partial charge in [0.25, 0.3) is 0 Å². The molecule has 4 rings (SSSR count). The van der Waals surface area contributed by atoms with Crippen molar-refractivity contribution >= 4 is 23.4 Å². The third-order valence-electron chi connectivity index (χ3n) is 5.52. The molecule has 8 nitrogen and oxygen atoms in total. The fourth-order valence-electron chi connectivity index (χ4n) is 3.63. The Kier molecular flexibility index (Phi) is 8.12. The standard InChI is InChI=1S/C26H25ClN4O4S/c1-17-4-6-19(7-5-17)16-35-23-13-8-20(14-24(23)34-3)25(15-30(32)33)36-26-29-28-18(2)31(26)22-11-9-21(27)10-12-22/h4-14,25H,15-16H2,1-3H3/t25-/m1/s1. The lowest BCUT2D eigenvalue weighted by Gasteiger charge is -2.17. The number of nitro groups is 1. The molecule has 0 radical (unpaired) electrons. The summed E-state index contributed by atoms with van der Waals surface area (Å²) in [7, 11) is 1.55. The van der Waals surface area contributed by atoms with Crippen LogP contribution in [-0.4, -0.2) is 33.3 Å². The average Bonchev–Trinajstić information content (AvgIpc) is 3.23. The van der Waals surface area contributed by atoms with E-state index in [4.69, 9.17) is 21.1 Å². The van der Waals surface area contributed by atoms with Gasteiger partial charge in [-0.25, -0.2) is 0 Å². The molecule has 1 aromatic heterocycles. The highest BCUT2D eigenvalue weighted by atomic mass is 35.5. The summed E-state index contributed by atoms with van der Waals surface area (Å²) in [5.74, 6) is 1.73. The summed E-state index contributed by atoms with van der Waals surface area (Å²) >= 11 is 7.31. The zero-order chi connectivity index (χ0) is 25.7. The number of benzene rings is 3. The van der Waals surface area contributed by atoms with Crippen LogP contribution in [0.15, 0.2) is 71.9 Å². The molecular formula is C26H25ClN4O4S. The molecule has 0 saturated carbocycles. The van der Waals surface area contributed by atoms with E-state index in [-0.39, 0.29) is 11.5 Å². The number of thioether (sulfide) groups is 1. The molecule has 0 amide bonds. The molecule has 4 aromatic rings. The number of hydrogen-bond donors (Lipinski definition) is 0. The van der Waals surface area contributed by atoms with Gasteiger partial charge in [-0.05, 0) is 61.4 Å². The maximum absolute atomic E-state index is 11.6. The van der Waals surface area contributed by atoms with Crippen molar-refractivity contribution in [3.63, 3.8) is 0 Å². The lowest BCUT2D eigenvalue weighted by Crippen LogP contribution is -2.11. The SMILES string of the molecule is COc1cc([C@@H](C[N+](=O)[O-])Sc2nnc(C)n2-c2ccc(Cl)cc2)ccc1OCc1ccc(C)cc1. The van der Waals surface area contributed by atoms with Crippen molar-refractivity contribution in [2.45, 2.75) is 30.9 Å². The summed E-state index contributed by atoms with van der Waals surface area (Å²) in [4.78, 5) is 11.2. The van der Waals surface area contributed by atoms with E-state index in [1.807, 2.05) is 60.9 Å². The lowest BCUT2D eigenvalue weighted by molar-refractivity contribution is -0.479. The Morgan fingerprint density at radius 3 is 2.42 bits per heavy atom. The molecule has 0 N–H and O–H groups in total. The molecule has 0 spiro atoms. The number of rotatable bonds is 10. The van der Waals surface area contributed by atoms with Crippen LogP contribution >= 0.6 is 23.4 Å². The monoisotopic (exact) mass is 524 g/mol. The number of halogens is 1. The predicted molar refractivity (Wildman–Crippen MR) is 140 cm³/mol. The molecule has 0 aliphatic rings. The van der Waals surface area contributed by atoms with Crippen LogP contribution in [0.5, 0.6) is 11.5 Å². The van der Waals surface area contributed by atoms with Crippen LogP contribution in [0, 0.1) is 24.0 Å². The first-order valence-electron chi connectivity index (χ1n) is 11.2.